The molecule has 1 aromatic rings. The third-order valence-corrected chi connectivity index (χ3v) is 3.24. The molecule has 1 aromatic heterocycles. The topological polar surface area (TPSA) is 57.4 Å². The van der Waals surface area contributed by atoms with Crippen molar-refractivity contribution >= 4 is 17.3 Å². The first kappa shape index (κ1) is 12.5. The molecule has 94 valence electrons. The van der Waals surface area contributed by atoms with Crippen LogP contribution in [0.5, 0.6) is 5.88 Å². The van der Waals surface area contributed by atoms with Gasteiger partial charge in [-0.25, -0.2) is 4.98 Å². The molecule has 0 saturated heterocycles. The van der Waals surface area contributed by atoms with Crippen LogP contribution in [-0.2, 0) is 4.74 Å². The van der Waals surface area contributed by atoms with Gasteiger partial charge in [0.15, 0.2) is 0 Å². The average Bonchev–Trinajstić information content (AvgIpc) is 2.33. The molecule has 1 saturated carbocycles. The SMILES string of the molecule is COC1CCCC(Oc2ncc(Cl)cc2N)C1. The standard InChI is InChI=1S/C12H17ClN2O2/c1-16-9-3-2-4-10(6-9)17-12-11(14)5-8(13)7-15-12/h5,7,9-10H,2-4,6,14H2,1H3. The van der Waals surface area contributed by atoms with E-state index in [0.29, 0.717) is 16.6 Å². The molecular formula is C12H17ClN2O2. The normalized spacial score (nSPS) is 24.6. The predicted molar refractivity (Wildman–Crippen MR) is 67.3 cm³/mol. The van der Waals surface area contributed by atoms with Crippen molar-refractivity contribution in [3.05, 3.63) is 17.3 Å². The molecule has 0 spiro atoms. The summed E-state index contributed by atoms with van der Waals surface area (Å²) in [6.45, 7) is 0. The zero-order chi connectivity index (χ0) is 12.3. The minimum absolute atomic E-state index is 0.129. The summed E-state index contributed by atoms with van der Waals surface area (Å²) < 4.78 is 11.2. The van der Waals surface area contributed by atoms with Crippen LogP contribution >= 0.6 is 11.6 Å². The van der Waals surface area contributed by atoms with E-state index in [1.165, 1.54) is 0 Å². The number of ether oxygens (including phenoxy) is 2. The van der Waals surface area contributed by atoms with E-state index >= 15 is 0 Å². The van der Waals surface area contributed by atoms with Crippen LogP contribution in [0.15, 0.2) is 12.3 Å². The second-order valence-electron chi connectivity index (χ2n) is 4.31. The van der Waals surface area contributed by atoms with Gasteiger partial charge >= 0.3 is 0 Å². The number of nitrogen functional groups attached to an aromatic ring is 1. The van der Waals surface area contributed by atoms with Gasteiger partial charge in [-0.1, -0.05) is 11.6 Å². The number of aromatic nitrogens is 1. The molecule has 1 heterocycles. The Labute approximate surface area is 106 Å². The van der Waals surface area contributed by atoms with Crippen molar-refractivity contribution in [2.24, 2.45) is 0 Å². The van der Waals surface area contributed by atoms with Gasteiger partial charge in [0.25, 0.3) is 0 Å². The maximum atomic E-state index is 5.80. The van der Waals surface area contributed by atoms with Crippen molar-refractivity contribution < 1.29 is 9.47 Å². The van der Waals surface area contributed by atoms with E-state index < -0.39 is 0 Å². The highest BCUT2D eigenvalue weighted by Gasteiger charge is 2.23. The highest BCUT2D eigenvalue weighted by Crippen LogP contribution is 2.28. The van der Waals surface area contributed by atoms with Crippen molar-refractivity contribution in [3.63, 3.8) is 0 Å². The Morgan fingerprint density at radius 2 is 2.18 bits per heavy atom. The summed E-state index contributed by atoms with van der Waals surface area (Å²) in [5.74, 6) is 0.469. The van der Waals surface area contributed by atoms with Crippen LogP contribution in [0.25, 0.3) is 0 Å². The Morgan fingerprint density at radius 3 is 2.88 bits per heavy atom. The summed E-state index contributed by atoms with van der Waals surface area (Å²) in [6.07, 6.45) is 6.07. The fourth-order valence-electron chi connectivity index (χ4n) is 2.12. The molecule has 0 aromatic carbocycles. The van der Waals surface area contributed by atoms with Crippen LogP contribution in [0.3, 0.4) is 0 Å². The first-order valence-corrected chi connectivity index (χ1v) is 6.17. The molecule has 0 radical (unpaired) electrons. The van der Waals surface area contributed by atoms with E-state index in [4.69, 9.17) is 26.8 Å². The number of halogens is 1. The van der Waals surface area contributed by atoms with Crippen LogP contribution in [0, 0.1) is 0 Å². The van der Waals surface area contributed by atoms with Gasteiger partial charge < -0.3 is 15.2 Å². The lowest BCUT2D eigenvalue weighted by Gasteiger charge is -2.28. The lowest BCUT2D eigenvalue weighted by molar-refractivity contribution is 0.0198. The number of nitrogens with two attached hydrogens (primary N) is 1. The fourth-order valence-corrected chi connectivity index (χ4v) is 2.29. The molecule has 4 nitrogen and oxygen atoms in total. The van der Waals surface area contributed by atoms with E-state index in [1.807, 2.05) is 0 Å². The molecule has 2 rings (SSSR count). The van der Waals surface area contributed by atoms with Gasteiger partial charge in [0.05, 0.1) is 16.8 Å². The van der Waals surface area contributed by atoms with Gasteiger partial charge in [0.1, 0.15) is 6.10 Å². The first-order valence-electron chi connectivity index (χ1n) is 5.79. The Bertz CT molecular complexity index is 387. The number of nitrogens with zero attached hydrogens (tertiary/aromatic N) is 1. The number of rotatable bonds is 3. The quantitative estimate of drug-likeness (QED) is 0.903. The number of pyridine rings is 1. The molecule has 17 heavy (non-hydrogen) atoms. The van der Waals surface area contributed by atoms with Crippen LogP contribution in [0.4, 0.5) is 5.69 Å². The van der Waals surface area contributed by atoms with Crippen molar-refractivity contribution in [2.75, 3.05) is 12.8 Å². The third-order valence-electron chi connectivity index (χ3n) is 3.04. The molecule has 2 N–H and O–H groups in total. The zero-order valence-corrected chi connectivity index (χ0v) is 10.6. The lowest BCUT2D eigenvalue weighted by Crippen LogP contribution is -2.29. The molecule has 0 amide bonds. The largest absolute Gasteiger partial charge is 0.473 e. The van der Waals surface area contributed by atoms with Crippen LogP contribution < -0.4 is 10.5 Å². The monoisotopic (exact) mass is 256 g/mol. The van der Waals surface area contributed by atoms with E-state index in [1.54, 1.807) is 19.4 Å². The molecular weight excluding hydrogens is 240 g/mol. The Balaban J connectivity index is 2.00. The minimum atomic E-state index is 0.129. The van der Waals surface area contributed by atoms with Gasteiger partial charge in [-0.05, 0) is 25.3 Å². The molecule has 0 aliphatic heterocycles. The summed E-state index contributed by atoms with van der Waals surface area (Å²) in [5, 5.41) is 0.522. The van der Waals surface area contributed by atoms with E-state index in [-0.39, 0.29) is 12.2 Å². The molecule has 2 atom stereocenters. The molecule has 5 heteroatoms. The van der Waals surface area contributed by atoms with Gasteiger partial charge in [-0.15, -0.1) is 0 Å². The molecule has 1 aliphatic carbocycles. The second-order valence-corrected chi connectivity index (χ2v) is 4.75. The summed E-state index contributed by atoms with van der Waals surface area (Å²) in [4.78, 5) is 4.10. The molecule has 1 aliphatic rings. The first-order chi connectivity index (χ1) is 8.19. The van der Waals surface area contributed by atoms with Gasteiger partial charge in [0, 0.05) is 19.7 Å². The Hall–Kier alpha value is -1.00. The van der Waals surface area contributed by atoms with Crippen LogP contribution in [0.2, 0.25) is 5.02 Å². The van der Waals surface area contributed by atoms with Crippen molar-refractivity contribution in [3.8, 4) is 5.88 Å². The summed E-state index contributed by atoms with van der Waals surface area (Å²) in [7, 11) is 1.74. The smallest absolute Gasteiger partial charge is 0.237 e. The van der Waals surface area contributed by atoms with Crippen molar-refractivity contribution in [1.29, 1.82) is 0 Å². The van der Waals surface area contributed by atoms with Gasteiger partial charge in [0.2, 0.25) is 5.88 Å². The number of methoxy groups -OCH3 is 1. The summed E-state index contributed by atoms with van der Waals surface area (Å²) in [6, 6.07) is 1.65. The predicted octanol–water partition coefficient (Wildman–Crippen LogP) is 2.65. The molecule has 2 unspecified atom stereocenters. The van der Waals surface area contributed by atoms with Gasteiger partial charge in [-0.2, -0.15) is 0 Å². The Morgan fingerprint density at radius 1 is 1.41 bits per heavy atom. The minimum Gasteiger partial charge on any atom is -0.473 e. The second kappa shape index (κ2) is 5.56. The van der Waals surface area contributed by atoms with E-state index in [0.717, 1.165) is 25.7 Å². The number of anilines is 1. The maximum Gasteiger partial charge on any atom is 0.237 e. The summed E-state index contributed by atoms with van der Waals surface area (Å²) in [5.41, 5.74) is 6.29. The third kappa shape index (κ3) is 3.23. The maximum absolute atomic E-state index is 5.80. The highest BCUT2D eigenvalue weighted by atomic mass is 35.5. The van der Waals surface area contributed by atoms with E-state index in [2.05, 4.69) is 4.98 Å². The fraction of sp³-hybridized carbons (Fsp3) is 0.583. The van der Waals surface area contributed by atoms with Crippen molar-refractivity contribution in [2.45, 2.75) is 37.9 Å². The summed E-state index contributed by atoms with van der Waals surface area (Å²) >= 11 is 5.79. The van der Waals surface area contributed by atoms with Crippen molar-refractivity contribution in [1.82, 2.24) is 4.98 Å². The molecule has 1 fully saturated rings. The highest BCUT2D eigenvalue weighted by molar-refractivity contribution is 6.30. The van der Waals surface area contributed by atoms with Gasteiger partial charge in [-0.3, -0.25) is 0 Å². The lowest BCUT2D eigenvalue weighted by atomic mass is 9.95. The number of hydrogen-bond acceptors (Lipinski definition) is 4. The average molecular weight is 257 g/mol. The van der Waals surface area contributed by atoms with Crippen LogP contribution in [0.1, 0.15) is 25.7 Å². The Kier molecular flexibility index (Phi) is 4.07. The molecule has 0 bridgehead atoms. The zero-order valence-electron chi connectivity index (χ0n) is 9.86. The van der Waals surface area contributed by atoms with E-state index in [9.17, 15) is 0 Å². The number of hydrogen-bond donors (Lipinski definition) is 1. The van der Waals surface area contributed by atoms with Crippen LogP contribution in [-0.4, -0.2) is 24.3 Å².